The van der Waals surface area contributed by atoms with Crippen molar-refractivity contribution in [2.75, 3.05) is 0 Å². The third kappa shape index (κ3) is 10.2. The van der Waals surface area contributed by atoms with Crippen LogP contribution < -0.4 is 5.32 Å². The number of amides is 1. The minimum atomic E-state index is -0.743. The van der Waals surface area contributed by atoms with E-state index < -0.39 is 29.3 Å². The van der Waals surface area contributed by atoms with Gasteiger partial charge in [0, 0.05) is 0 Å². The molecule has 22 heavy (non-hydrogen) atoms. The lowest BCUT2D eigenvalue weighted by atomic mass is 10.0. The molecule has 1 amide bonds. The highest BCUT2D eigenvalue weighted by molar-refractivity contribution is 5.99. The maximum absolute atomic E-state index is 12.2. The first-order chi connectivity index (χ1) is 9.84. The van der Waals surface area contributed by atoms with Crippen LogP contribution in [0, 0.1) is 0 Å². The van der Waals surface area contributed by atoms with Crippen LogP contribution >= 0.6 is 0 Å². The van der Waals surface area contributed by atoms with Crippen LogP contribution in [-0.2, 0) is 19.1 Å². The highest BCUT2D eigenvalue weighted by Crippen LogP contribution is 2.11. The van der Waals surface area contributed by atoms with Crippen molar-refractivity contribution in [3.8, 4) is 0 Å². The summed E-state index contributed by atoms with van der Waals surface area (Å²) >= 11 is 0. The molecular weight excluding hydrogens is 286 g/mol. The van der Waals surface area contributed by atoms with Crippen molar-refractivity contribution in [1.82, 2.24) is 5.32 Å². The third-order valence-corrected chi connectivity index (χ3v) is 2.40. The SMILES string of the molecule is CCC[C@@H](NC(=O)OC(C)(C)C)C(=O)CC(=O)OC(C)(C)C. The molecule has 1 N–H and O–H groups in total. The predicted molar refractivity (Wildman–Crippen MR) is 83.5 cm³/mol. The topological polar surface area (TPSA) is 81.7 Å². The van der Waals surface area contributed by atoms with E-state index in [1.54, 1.807) is 41.5 Å². The molecule has 0 unspecified atom stereocenters. The maximum Gasteiger partial charge on any atom is 0.408 e. The van der Waals surface area contributed by atoms with Crippen LogP contribution in [0.2, 0.25) is 0 Å². The maximum atomic E-state index is 12.2. The molecule has 0 rings (SSSR count). The fourth-order valence-electron chi connectivity index (χ4n) is 1.70. The average Bonchev–Trinajstić information content (AvgIpc) is 2.22. The predicted octanol–water partition coefficient (Wildman–Crippen LogP) is 2.98. The zero-order valence-electron chi connectivity index (χ0n) is 14.7. The van der Waals surface area contributed by atoms with E-state index in [1.807, 2.05) is 6.92 Å². The fraction of sp³-hybridized carbons (Fsp3) is 0.812. The van der Waals surface area contributed by atoms with Crippen LogP contribution in [0.3, 0.4) is 0 Å². The lowest BCUT2D eigenvalue weighted by Gasteiger charge is -2.23. The van der Waals surface area contributed by atoms with E-state index in [2.05, 4.69) is 5.32 Å². The Labute approximate surface area is 132 Å². The van der Waals surface area contributed by atoms with Gasteiger partial charge in [0.25, 0.3) is 0 Å². The number of rotatable bonds is 6. The summed E-state index contributed by atoms with van der Waals surface area (Å²) in [6.07, 6.45) is 0.113. The molecule has 0 aliphatic rings. The van der Waals surface area contributed by atoms with Gasteiger partial charge in [-0.1, -0.05) is 13.3 Å². The van der Waals surface area contributed by atoms with Gasteiger partial charge in [-0.25, -0.2) is 4.79 Å². The molecule has 1 atom stereocenters. The quantitative estimate of drug-likeness (QED) is 0.602. The molecule has 0 spiro atoms. The van der Waals surface area contributed by atoms with Crippen LogP contribution in [0.5, 0.6) is 0 Å². The second kappa shape index (κ2) is 8.15. The van der Waals surface area contributed by atoms with Gasteiger partial charge < -0.3 is 14.8 Å². The first-order valence-corrected chi connectivity index (χ1v) is 7.58. The molecule has 0 fully saturated rings. The Bertz CT molecular complexity index is 404. The van der Waals surface area contributed by atoms with Crippen molar-refractivity contribution in [3.05, 3.63) is 0 Å². The van der Waals surface area contributed by atoms with Crippen LogP contribution in [0.15, 0.2) is 0 Å². The summed E-state index contributed by atoms with van der Waals surface area (Å²) in [5.41, 5.74) is -1.29. The number of alkyl carbamates (subject to hydrolysis) is 1. The molecule has 0 saturated heterocycles. The summed E-state index contributed by atoms with van der Waals surface area (Å²) in [6.45, 7) is 12.3. The van der Waals surface area contributed by atoms with E-state index in [1.165, 1.54) is 0 Å². The minimum absolute atomic E-state index is 0.363. The van der Waals surface area contributed by atoms with Crippen molar-refractivity contribution in [3.63, 3.8) is 0 Å². The first-order valence-electron chi connectivity index (χ1n) is 7.58. The molecule has 0 aromatic carbocycles. The number of carbonyl (C=O) groups excluding carboxylic acids is 3. The second-order valence-corrected chi connectivity index (χ2v) is 7.22. The van der Waals surface area contributed by atoms with E-state index in [0.717, 1.165) is 0 Å². The van der Waals surface area contributed by atoms with Gasteiger partial charge in [-0.3, -0.25) is 9.59 Å². The fourth-order valence-corrected chi connectivity index (χ4v) is 1.70. The number of Topliss-reactive ketones (excluding diaryl/α,β-unsaturated/α-hetero) is 1. The van der Waals surface area contributed by atoms with E-state index in [-0.39, 0.29) is 12.2 Å². The molecule has 128 valence electrons. The lowest BCUT2D eigenvalue weighted by Crippen LogP contribution is -2.44. The smallest absolute Gasteiger partial charge is 0.408 e. The number of hydrogen-bond donors (Lipinski definition) is 1. The Morgan fingerprint density at radius 3 is 1.86 bits per heavy atom. The first kappa shape index (κ1) is 20.4. The van der Waals surface area contributed by atoms with Crippen molar-refractivity contribution in [1.29, 1.82) is 0 Å². The zero-order chi connectivity index (χ0) is 17.6. The van der Waals surface area contributed by atoms with Gasteiger partial charge in [-0.15, -0.1) is 0 Å². The van der Waals surface area contributed by atoms with Crippen molar-refractivity contribution in [2.24, 2.45) is 0 Å². The molecule has 0 aromatic heterocycles. The van der Waals surface area contributed by atoms with Crippen molar-refractivity contribution >= 4 is 17.8 Å². The van der Waals surface area contributed by atoms with E-state index in [4.69, 9.17) is 9.47 Å². The number of ketones is 1. The second-order valence-electron chi connectivity index (χ2n) is 7.22. The van der Waals surface area contributed by atoms with Gasteiger partial charge in [-0.05, 0) is 48.0 Å². The van der Waals surface area contributed by atoms with Gasteiger partial charge in [-0.2, -0.15) is 0 Å². The van der Waals surface area contributed by atoms with Crippen LogP contribution in [0.1, 0.15) is 67.7 Å². The summed E-state index contributed by atoms with van der Waals surface area (Å²) in [5.74, 6) is -0.966. The van der Waals surface area contributed by atoms with Gasteiger partial charge in [0.1, 0.15) is 17.6 Å². The highest BCUT2D eigenvalue weighted by Gasteiger charge is 2.27. The number of nitrogens with one attached hydrogen (secondary N) is 1. The van der Waals surface area contributed by atoms with Gasteiger partial charge in [0.05, 0.1) is 6.04 Å². The standard InChI is InChI=1S/C16H29NO5/c1-8-9-11(17-14(20)22-16(5,6)7)12(18)10-13(19)21-15(2,3)4/h11H,8-10H2,1-7H3,(H,17,20)/t11-/m1/s1. The minimum Gasteiger partial charge on any atom is -0.460 e. The van der Waals surface area contributed by atoms with Gasteiger partial charge >= 0.3 is 12.1 Å². The number of carbonyl (C=O) groups is 3. The Morgan fingerprint density at radius 2 is 1.45 bits per heavy atom. The molecule has 0 aromatic rings. The highest BCUT2D eigenvalue weighted by atomic mass is 16.6. The van der Waals surface area contributed by atoms with Crippen LogP contribution in [-0.4, -0.2) is 35.1 Å². The van der Waals surface area contributed by atoms with Gasteiger partial charge in [0.2, 0.25) is 0 Å². The van der Waals surface area contributed by atoms with Crippen molar-refractivity contribution in [2.45, 2.75) is 85.0 Å². The van der Waals surface area contributed by atoms with Crippen LogP contribution in [0.25, 0.3) is 0 Å². The largest absolute Gasteiger partial charge is 0.460 e. The van der Waals surface area contributed by atoms with E-state index >= 15 is 0 Å². The molecule has 0 heterocycles. The number of esters is 1. The zero-order valence-corrected chi connectivity index (χ0v) is 14.7. The summed E-state index contributed by atoms with van der Waals surface area (Å²) in [7, 11) is 0. The van der Waals surface area contributed by atoms with Crippen molar-refractivity contribution < 1.29 is 23.9 Å². The molecule has 0 bridgehead atoms. The third-order valence-electron chi connectivity index (χ3n) is 2.40. The lowest BCUT2D eigenvalue weighted by molar-refractivity contribution is -0.156. The summed E-state index contributed by atoms with van der Waals surface area (Å²) in [4.78, 5) is 35.6. The Kier molecular flexibility index (Phi) is 7.56. The molecule has 0 saturated carbocycles. The summed E-state index contributed by atoms with van der Waals surface area (Å²) in [6, 6.07) is -0.743. The van der Waals surface area contributed by atoms with Gasteiger partial charge in [0.15, 0.2) is 5.78 Å². The molecule has 0 aliphatic heterocycles. The van der Waals surface area contributed by atoms with Crippen LogP contribution in [0.4, 0.5) is 4.79 Å². The van der Waals surface area contributed by atoms with E-state index in [9.17, 15) is 14.4 Å². The molecule has 0 aliphatic carbocycles. The molecule has 6 heteroatoms. The molecular formula is C16H29NO5. The number of hydrogen-bond acceptors (Lipinski definition) is 5. The summed E-state index contributed by atoms with van der Waals surface area (Å²) in [5, 5.41) is 2.52. The Hall–Kier alpha value is -1.59. The Balaban J connectivity index is 4.64. The average molecular weight is 315 g/mol. The normalized spacial score (nSPS) is 13.2. The number of ether oxygens (including phenoxy) is 2. The monoisotopic (exact) mass is 315 g/mol. The van der Waals surface area contributed by atoms with E-state index in [0.29, 0.717) is 12.8 Å². The molecule has 0 radical (unpaired) electrons. The Morgan fingerprint density at radius 1 is 0.955 bits per heavy atom. The summed E-state index contributed by atoms with van der Waals surface area (Å²) < 4.78 is 10.3. The molecule has 6 nitrogen and oxygen atoms in total.